The Balaban J connectivity index is 1.44. The van der Waals surface area contributed by atoms with Gasteiger partial charge in [0.2, 0.25) is 5.88 Å². The minimum Gasteiger partial charge on any atom is -0.440 e. The van der Waals surface area contributed by atoms with Gasteiger partial charge in [0.15, 0.2) is 4.80 Å². The van der Waals surface area contributed by atoms with Crippen molar-refractivity contribution in [3.05, 3.63) is 113 Å². The van der Waals surface area contributed by atoms with Gasteiger partial charge in [0, 0.05) is 30.9 Å². The highest BCUT2D eigenvalue weighted by atomic mass is 79.9. The van der Waals surface area contributed by atoms with Crippen molar-refractivity contribution < 1.29 is 9.21 Å². The Morgan fingerprint density at radius 2 is 1.80 bits per heavy atom. The van der Waals surface area contributed by atoms with Crippen LogP contribution >= 0.6 is 27.3 Å². The van der Waals surface area contributed by atoms with Gasteiger partial charge in [0.05, 0.1) is 26.3 Å². The number of rotatable bonds is 5. The van der Waals surface area contributed by atoms with Crippen molar-refractivity contribution in [1.82, 2.24) is 4.57 Å². The van der Waals surface area contributed by atoms with E-state index in [-0.39, 0.29) is 11.5 Å². The molecule has 4 aromatic rings. The van der Waals surface area contributed by atoms with E-state index in [9.17, 15) is 9.59 Å². The molecule has 0 saturated carbocycles. The van der Waals surface area contributed by atoms with Gasteiger partial charge in [-0.2, -0.15) is 0 Å². The van der Waals surface area contributed by atoms with Gasteiger partial charge in [-0.05, 0) is 66.7 Å². The molecule has 1 saturated heterocycles. The predicted octanol–water partition coefficient (Wildman–Crippen LogP) is 5.53. The molecule has 2 aliphatic rings. The number of thiazole rings is 1. The van der Waals surface area contributed by atoms with E-state index >= 15 is 0 Å². The second-order valence-electron chi connectivity index (χ2n) is 10.2. The highest BCUT2D eigenvalue weighted by molar-refractivity contribution is 9.10. The Labute approximate surface area is 244 Å². The number of piperidine rings is 1. The summed E-state index contributed by atoms with van der Waals surface area (Å²) in [6.07, 6.45) is 5.28. The second-order valence-corrected chi connectivity index (χ2v) is 12.0. The summed E-state index contributed by atoms with van der Waals surface area (Å²) >= 11 is 4.95. The monoisotopic (exact) mass is 616 g/mol. The third-order valence-corrected chi connectivity index (χ3v) is 8.85. The molecule has 1 fully saturated rings. The van der Waals surface area contributed by atoms with Crippen molar-refractivity contribution in [2.75, 3.05) is 23.3 Å². The van der Waals surface area contributed by atoms with E-state index in [0.29, 0.717) is 32.1 Å². The van der Waals surface area contributed by atoms with Gasteiger partial charge in [0.25, 0.3) is 11.5 Å². The Morgan fingerprint density at radius 3 is 2.52 bits per heavy atom. The summed E-state index contributed by atoms with van der Waals surface area (Å²) in [7, 11) is 0. The fourth-order valence-corrected chi connectivity index (χ4v) is 6.87. The van der Waals surface area contributed by atoms with Crippen LogP contribution in [0.3, 0.4) is 0 Å². The average Bonchev–Trinajstić information content (AvgIpc) is 3.47. The second kappa shape index (κ2) is 11.1. The lowest BCUT2D eigenvalue weighted by atomic mass is 9.94. The Hall–Kier alpha value is -3.69. The summed E-state index contributed by atoms with van der Waals surface area (Å²) in [4.78, 5) is 35.2. The molecule has 9 heteroatoms. The number of hydrogen-bond donors (Lipinski definition) is 1. The van der Waals surface area contributed by atoms with Crippen LogP contribution in [0, 0.1) is 6.92 Å². The first kappa shape index (κ1) is 26.5. The molecule has 0 spiro atoms. The maximum atomic E-state index is 14.0. The number of anilines is 2. The molecule has 1 atom stereocenters. The van der Waals surface area contributed by atoms with E-state index in [1.165, 1.54) is 17.8 Å². The summed E-state index contributed by atoms with van der Waals surface area (Å²) < 4.78 is 9.21. The molecular weight excluding hydrogens is 588 g/mol. The normalized spacial score (nSPS) is 17.5. The van der Waals surface area contributed by atoms with Crippen LogP contribution in [0.5, 0.6) is 0 Å². The zero-order chi connectivity index (χ0) is 27.8. The lowest BCUT2D eigenvalue weighted by Gasteiger charge is -2.26. The first-order valence-electron chi connectivity index (χ1n) is 13.4. The number of fused-ring (bicyclic) bond motifs is 1. The van der Waals surface area contributed by atoms with Gasteiger partial charge < -0.3 is 14.6 Å². The van der Waals surface area contributed by atoms with Crippen LogP contribution in [0.4, 0.5) is 11.6 Å². The number of aromatic nitrogens is 1. The zero-order valence-electron chi connectivity index (χ0n) is 22.3. The van der Waals surface area contributed by atoms with Gasteiger partial charge in [-0.3, -0.25) is 14.2 Å². The van der Waals surface area contributed by atoms with Crippen LogP contribution in [0.15, 0.2) is 90.6 Å². The molecule has 204 valence electrons. The number of hydrogen-bond acceptors (Lipinski definition) is 6. The third-order valence-electron chi connectivity index (χ3n) is 7.30. The van der Waals surface area contributed by atoms with E-state index in [2.05, 4.69) is 26.1 Å². The van der Waals surface area contributed by atoms with Crippen molar-refractivity contribution >= 4 is 50.8 Å². The Morgan fingerprint density at radius 1 is 1.07 bits per heavy atom. The van der Waals surface area contributed by atoms with Crippen molar-refractivity contribution in [3.63, 3.8) is 0 Å². The number of aryl methyl sites for hydroxylation is 1. The SMILES string of the molecule is CC1=C(C(=O)Nc2ccccc2)[C@@H](c2ccc(C)cc2)n2c(s/c(=C/c3cc(Br)c(N4CCCCC4)o3)c2=O)=N1. The predicted molar refractivity (Wildman–Crippen MR) is 162 cm³/mol. The van der Waals surface area contributed by atoms with E-state index in [1.807, 2.05) is 74.5 Å². The number of carbonyl (C=O) groups excluding carboxylic acids is 1. The van der Waals surface area contributed by atoms with Crippen LogP contribution in [0.25, 0.3) is 6.08 Å². The summed E-state index contributed by atoms with van der Waals surface area (Å²) in [6.45, 7) is 5.75. The van der Waals surface area contributed by atoms with E-state index in [1.54, 1.807) is 10.6 Å². The lowest BCUT2D eigenvalue weighted by Crippen LogP contribution is -2.40. The fourth-order valence-electron chi connectivity index (χ4n) is 5.29. The van der Waals surface area contributed by atoms with Crippen LogP contribution in [0.1, 0.15) is 49.1 Å². The Bertz CT molecular complexity index is 1780. The van der Waals surface area contributed by atoms with Crippen molar-refractivity contribution in [3.8, 4) is 0 Å². The van der Waals surface area contributed by atoms with Gasteiger partial charge >= 0.3 is 0 Å². The zero-order valence-corrected chi connectivity index (χ0v) is 24.7. The number of para-hydroxylation sites is 1. The molecule has 1 amide bonds. The van der Waals surface area contributed by atoms with E-state index < -0.39 is 6.04 Å². The topological polar surface area (TPSA) is 79.8 Å². The minimum absolute atomic E-state index is 0.209. The number of nitrogens with zero attached hydrogens (tertiary/aromatic N) is 3. The van der Waals surface area contributed by atoms with Gasteiger partial charge in [0.1, 0.15) is 5.76 Å². The highest BCUT2D eigenvalue weighted by Gasteiger charge is 2.32. The number of amides is 1. The number of allylic oxidation sites excluding steroid dienone is 1. The first-order chi connectivity index (χ1) is 19.4. The number of carbonyl (C=O) groups is 1. The molecule has 0 aliphatic carbocycles. The molecule has 2 aromatic heterocycles. The van der Waals surface area contributed by atoms with E-state index in [0.717, 1.165) is 47.4 Å². The summed E-state index contributed by atoms with van der Waals surface area (Å²) in [5.74, 6) is 1.11. The third kappa shape index (κ3) is 5.11. The van der Waals surface area contributed by atoms with Crippen LogP contribution in [-0.2, 0) is 4.79 Å². The van der Waals surface area contributed by atoms with Gasteiger partial charge in [-0.1, -0.05) is 59.4 Å². The number of nitrogens with one attached hydrogen (secondary N) is 1. The molecule has 4 heterocycles. The quantitative estimate of drug-likeness (QED) is 0.320. The van der Waals surface area contributed by atoms with Crippen LogP contribution < -0.4 is 25.1 Å². The highest BCUT2D eigenvalue weighted by Crippen LogP contribution is 2.33. The molecule has 40 heavy (non-hydrogen) atoms. The molecular formula is C31H29BrN4O3S. The lowest BCUT2D eigenvalue weighted by molar-refractivity contribution is -0.113. The standard InChI is InChI=1S/C31H29BrN4O3S/c1-19-11-13-21(14-12-19)27-26(28(37)34-22-9-5-3-6-10-22)20(2)33-31-36(27)29(38)25(40-31)18-23-17-24(32)30(39-23)35-15-7-4-8-16-35/h3,5-6,9-14,17-18,27H,4,7-8,15-16H2,1-2H3,(H,34,37)/b25-18+/t27-/m1/s1. The van der Waals surface area contributed by atoms with Gasteiger partial charge in [-0.25, -0.2) is 4.99 Å². The molecule has 2 aliphatic heterocycles. The molecule has 0 radical (unpaired) electrons. The summed E-state index contributed by atoms with van der Waals surface area (Å²) in [5.41, 5.74) is 3.44. The summed E-state index contributed by atoms with van der Waals surface area (Å²) in [6, 6.07) is 18.5. The molecule has 7 nitrogen and oxygen atoms in total. The van der Waals surface area contributed by atoms with Crippen molar-refractivity contribution in [2.24, 2.45) is 4.99 Å². The maximum absolute atomic E-state index is 14.0. The number of benzene rings is 2. The molecule has 0 bridgehead atoms. The molecule has 0 unspecified atom stereocenters. The molecule has 6 rings (SSSR count). The minimum atomic E-state index is -0.616. The van der Waals surface area contributed by atoms with Crippen molar-refractivity contribution in [2.45, 2.75) is 39.2 Å². The maximum Gasteiger partial charge on any atom is 0.271 e. The molecule has 1 N–H and O–H groups in total. The number of halogens is 1. The average molecular weight is 618 g/mol. The van der Waals surface area contributed by atoms with E-state index in [4.69, 9.17) is 9.41 Å². The van der Waals surface area contributed by atoms with Crippen LogP contribution in [-0.4, -0.2) is 23.6 Å². The fraction of sp³-hybridized carbons (Fsp3) is 0.258. The number of furan rings is 1. The van der Waals surface area contributed by atoms with Crippen molar-refractivity contribution in [1.29, 1.82) is 0 Å². The Kier molecular flexibility index (Phi) is 7.33. The smallest absolute Gasteiger partial charge is 0.271 e. The first-order valence-corrected chi connectivity index (χ1v) is 15.0. The van der Waals surface area contributed by atoms with Gasteiger partial charge in [-0.15, -0.1) is 0 Å². The largest absolute Gasteiger partial charge is 0.440 e. The van der Waals surface area contributed by atoms with Crippen LogP contribution in [0.2, 0.25) is 0 Å². The summed E-state index contributed by atoms with van der Waals surface area (Å²) in [5, 5.41) is 2.99. The molecule has 2 aromatic carbocycles.